The van der Waals surface area contributed by atoms with E-state index in [1.54, 1.807) is 12.1 Å². The van der Waals surface area contributed by atoms with Gasteiger partial charge in [-0.25, -0.2) is 4.98 Å². The molecule has 0 atom stereocenters. The molecule has 8 aromatic rings. The molecule has 0 spiro atoms. The van der Waals surface area contributed by atoms with Crippen molar-refractivity contribution in [1.29, 1.82) is 0 Å². The minimum absolute atomic E-state index is 0.0386. The van der Waals surface area contributed by atoms with Gasteiger partial charge in [0.25, 0.3) is 0 Å². The highest BCUT2D eigenvalue weighted by atomic mass is 16.3. The Kier molecular flexibility index (Phi) is 10.5. The van der Waals surface area contributed by atoms with Gasteiger partial charge in [-0.2, -0.15) is 0 Å². The SMILES string of the molecule is [2H]C([2H])([2H])c1ccc(-n2c(-c3cc(C(C)C)cc(C(C)C)c3O)nc3c(-c4cc(-c5cc(-c6ccc(C([2H])(C)C)cc6)ccn5)cc(C(C)(C)C)c4)cccc32)c(-c2ccc(C(C)(C)C)cc2)c1. The summed E-state index contributed by atoms with van der Waals surface area (Å²) in [6.07, 6.45) is 1.86. The molecule has 0 fully saturated rings. The summed E-state index contributed by atoms with van der Waals surface area (Å²) in [5, 5.41) is 12.3. The van der Waals surface area contributed by atoms with E-state index in [0.717, 1.165) is 83.6 Å². The molecule has 0 saturated heterocycles. The van der Waals surface area contributed by atoms with Crippen LogP contribution in [0.25, 0.3) is 72.7 Å². The van der Waals surface area contributed by atoms with Crippen molar-refractivity contribution in [2.45, 2.75) is 118 Å². The third-order valence-corrected chi connectivity index (χ3v) is 12.6. The van der Waals surface area contributed by atoms with Crippen LogP contribution in [0.4, 0.5) is 0 Å². The zero-order valence-corrected chi connectivity index (χ0v) is 39.6. The number of rotatable bonds is 9. The minimum Gasteiger partial charge on any atom is -0.507 e. The second kappa shape index (κ2) is 17.0. The van der Waals surface area contributed by atoms with Crippen LogP contribution < -0.4 is 0 Å². The fourth-order valence-electron chi connectivity index (χ4n) is 8.62. The van der Waals surface area contributed by atoms with Crippen molar-refractivity contribution >= 4 is 11.0 Å². The second-order valence-corrected chi connectivity index (χ2v) is 20.4. The molecule has 8 rings (SSSR count). The van der Waals surface area contributed by atoms with Gasteiger partial charge in [-0.1, -0.05) is 168 Å². The molecule has 4 nitrogen and oxygen atoms in total. The Bertz CT molecular complexity index is 3150. The van der Waals surface area contributed by atoms with Gasteiger partial charge in [0.1, 0.15) is 11.6 Å². The zero-order chi connectivity index (χ0) is 49.2. The van der Waals surface area contributed by atoms with Crippen LogP contribution >= 0.6 is 0 Å². The molecular formula is C60H65N3O. The molecule has 2 aromatic heterocycles. The Balaban J connectivity index is 1.42. The highest BCUT2D eigenvalue weighted by Gasteiger charge is 2.26. The Morgan fingerprint density at radius 3 is 1.91 bits per heavy atom. The molecule has 0 aliphatic heterocycles. The van der Waals surface area contributed by atoms with Crippen molar-refractivity contribution in [3.8, 4) is 67.5 Å². The van der Waals surface area contributed by atoms with Gasteiger partial charge >= 0.3 is 0 Å². The van der Waals surface area contributed by atoms with Gasteiger partial charge in [0.2, 0.25) is 0 Å². The van der Waals surface area contributed by atoms with E-state index < -0.39 is 12.7 Å². The Morgan fingerprint density at radius 2 is 1.27 bits per heavy atom. The number of imidazole rings is 1. The van der Waals surface area contributed by atoms with E-state index >= 15 is 0 Å². The Labute approximate surface area is 387 Å². The monoisotopic (exact) mass is 848 g/mol. The number of fused-ring (bicyclic) bond motifs is 1. The Morgan fingerprint density at radius 1 is 0.578 bits per heavy atom. The largest absolute Gasteiger partial charge is 0.507 e. The van der Waals surface area contributed by atoms with E-state index in [4.69, 9.17) is 15.5 Å². The first-order valence-corrected chi connectivity index (χ1v) is 22.7. The second-order valence-electron chi connectivity index (χ2n) is 20.4. The summed E-state index contributed by atoms with van der Waals surface area (Å²) in [4.78, 5) is 10.5. The number of hydrogen-bond donors (Lipinski definition) is 1. The minimum atomic E-state index is -2.34. The first kappa shape index (κ1) is 39.3. The van der Waals surface area contributed by atoms with E-state index in [9.17, 15) is 5.11 Å². The number of aromatic nitrogens is 3. The molecule has 0 radical (unpaired) electrons. The summed E-state index contributed by atoms with van der Waals surface area (Å²) in [7, 11) is 0. The van der Waals surface area contributed by atoms with Crippen molar-refractivity contribution in [2.75, 3.05) is 0 Å². The van der Waals surface area contributed by atoms with Crippen LogP contribution in [-0.4, -0.2) is 19.6 Å². The van der Waals surface area contributed by atoms with E-state index in [0.29, 0.717) is 11.4 Å². The van der Waals surface area contributed by atoms with Crippen LogP contribution in [0.15, 0.2) is 134 Å². The van der Waals surface area contributed by atoms with Crippen molar-refractivity contribution in [1.82, 2.24) is 14.5 Å². The molecule has 0 bridgehead atoms. The molecule has 2 heterocycles. The highest BCUT2D eigenvalue weighted by molar-refractivity contribution is 5.98. The predicted molar refractivity (Wildman–Crippen MR) is 272 cm³/mol. The first-order valence-electron chi connectivity index (χ1n) is 24.7. The van der Waals surface area contributed by atoms with Crippen molar-refractivity contribution in [2.24, 2.45) is 0 Å². The molecule has 64 heavy (non-hydrogen) atoms. The summed E-state index contributed by atoms with van der Waals surface area (Å²) in [5.41, 5.74) is 15.5. The number of aromatic hydroxyl groups is 1. The maximum Gasteiger partial charge on any atom is 0.149 e. The normalized spacial score (nSPS) is 13.6. The number of phenols is 1. The quantitative estimate of drug-likeness (QED) is 0.157. The van der Waals surface area contributed by atoms with Crippen LogP contribution in [0.5, 0.6) is 5.75 Å². The standard InChI is InChI=1S/C60H65N3O/c1-36(2)40-18-20-41(21-19-40)43-27-28-61-53(35-43)46-30-45(31-48(32-46)60(11,12)13)49-15-14-16-55-56(49)62-58(52-34-44(37(3)4)33-50(38(5)6)57(52)64)63(55)54-26-17-39(7)29-51(54)42-22-24-47(25-23-42)59(8,9)10/h14-38,64H,1-13H3/i7D3,36D. The average molecular weight is 848 g/mol. The van der Waals surface area contributed by atoms with Gasteiger partial charge < -0.3 is 5.11 Å². The molecule has 0 saturated carbocycles. The van der Waals surface area contributed by atoms with Gasteiger partial charge in [0.15, 0.2) is 0 Å². The molecule has 0 unspecified atom stereocenters. The maximum atomic E-state index is 12.3. The summed E-state index contributed by atoms with van der Waals surface area (Å²) >= 11 is 0. The number of benzene rings is 6. The van der Waals surface area contributed by atoms with Crippen LogP contribution in [0.2, 0.25) is 0 Å². The number of phenolic OH excluding ortho intramolecular Hbond substituents is 1. The molecule has 1 N–H and O–H groups in total. The lowest BCUT2D eigenvalue weighted by molar-refractivity contribution is 0.466. The summed E-state index contributed by atoms with van der Waals surface area (Å²) in [6.45, 7) is 23.2. The van der Waals surface area contributed by atoms with Crippen LogP contribution in [0.3, 0.4) is 0 Å². The lowest BCUT2D eigenvalue weighted by Gasteiger charge is -2.22. The average Bonchev–Trinajstić information content (AvgIpc) is 3.67. The fraction of sp³-hybridized carbons (Fsp3) is 0.300. The van der Waals surface area contributed by atoms with Crippen molar-refractivity contribution < 1.29 is 10.6 Å². The van der Waals surface area contributed by atoms with Gasteiger partial charge in [-0.3, -0.25) is 9.55 Å². The number of aryl methyl sites for hydroxylation is 1. The van der Waals surface area contributed by atoms with Crippen molar-refractivity contribution in [3.05, 3.63) is 167 Å². The highest BCUT2D eigenvalue weighted by Crippen LogP contribution is 2.45. The first-order chi connectivity index (χ1) is 31.8. The fourth-order valence-corrected chi connectivity index (χ4v) is 8.62. The van der Waals surface area contributed by atoms with Gasteiger partial charge in [0.05, 0.1) is 28.0 Å². The van der Waals surface area contributed by atoms with Gasteiger partial charge in [-0.15, -0.1) is 0 Å². The number of pyridine rings is 1. The summed E-state index contributed by atoms with van der Waals surface area (Å²) < 4.78 is 36.1. The third-order valence-electron chi connectivity index (χ3n) is 12.6. The van der Waals surface area contributed by atoms with E-state index in [-0.39, 0.29) is 34.0 Å². The van der Waals surface area contributed by atoms with E-state index in [1.807, 2.05) is 44.3 Å². The van der Waals surface area contributed by atoms with Crippen LogP contribution in [0.1, 0.15) is 140 Å². The maximum absolute atomic E-state index is 12.3. The molecule has 0 aliphatic rings. The lowest BCUT2D eigenvalue weighted by Crippen LogP contribution is -2.11. The van der Waals surface area contributed by atoms with Crippen LogP contribution in [0, 0.1) is 6.85 Å². The van der Waals surface area contributed by atoms with E-state index in [1.165, 1.54) is 5.56 Å². The Hall–Kier alpha value is -6.26. The molecular weight excluding hydrogens is 779 g/mol. The number of hydrogen-bond acceptors (Lipinski definition) is 3. The number of nitrogens with zero attached hydrogens (tertiary/aromatic N) is 3. The van der Waals surface area contributed by atoms with E-state index in [2.05, 4.69) is 165 Å². The van der Waals surface area contributed by atoms with Crippen LogP contribution in [-0.2, 0) is 10.8 Å². The van der Waals surface area contributed by atoms with Gasteiger partial charge in [-0.05, 0) is 134 Å². The van der Waals surface area contributed by atoms with Crippen molar-refractivity contribution in [3.63, 3.8) is 0 Å². The lowest BCUT2D eigenvalue weighted by atomic mass is 9.83. The molecule has 0 aliphatic carbocycles. The smallest absolute Gasteiger partial charge is 0.149 e. The molecule has 0 amide bonds. The summed E-state index contributed by atoms with van der Waals surface area (Å²) in [6, 6.07) is 43.3. The molecule has 326 valence electrons. The van der Waals surface area contributed by atoms with Gasteiger partial charge in [0, 0.05) is 28.4 Å². The molecule has 6 aromatic carbocycles. The third kappa shape index (κ3) is 8.68. The predicted octanol–water partition coefficient (Wildman–Crippen LogP) is 16.7. The summed E-state index contributed by atoms with van der Waals surface area (Å²) in [5.74, 6) is 0.266. The molecule has 4 heteroatoms. The zero-order valence-electron chi connectivity index (χ0n) is 43.6. The number of para-hydroxylation sites is 1. The topological polar surface area (TPSA) is 50.9 Å².